The number of aryl methyl sites for hydroxylation is 1. The molecule has 0 fully saturated rings. The van der Waals surface area contributed by atoms with Crippen LogP contribution in [-0.2, 0) is 21.0 Å². The molecule has 0 unspecified atom stereocenters. The molecule has 1 amide bonds. The second-order valence-electron chi connectivity index (χ2n) is 10.1. The van der Waals surface area contributed by atoms with Crippen LogP contribution in [0, 0.1) is 0 Å². The van der Waals surface area contributed by atoms with Crippen molar-refractivity contribution in [2.45, 2.75) is 51.0 Å². The molecule has 2 aromatic carbocycles. The number of hydrogen-bond donors (Lipinski definition) is 1. The minimum atomic E-state index is -3.32. The zero-order valence-corrected chi connectivity index (χ0v) is 22.2. The highest BCUT2D eigenvalue weighted by atomic mass is 32.2. The first-order chi connectivity index (χ1) is 16.9. The van der Waals surface area contributed by atoms with Crippen LogP contribution in [0.5, 0.6) is 0 Å². The van der Waals surface area contributed by atoms with E-state index in [0.29, 0.717) is 37.1 Å². The van der Waals surface area contributed by atoms with Crippen LogP contribution in [0.2, 0.25) is 0 Å². The fourth-order valence-corrected chi connectivity index (χ4v) is 5.15. The Morgan fingerprint density at radius 2 is 1.75 bits per heavy atom. The van der Waals surface area contributed by atoms with Crippen LogP contribution in [0.1, 0.15) is 45.2 Å². The van der Waals surface area contributed by atoms with Crippen LogP contribution in [0.4, 0.5) is 4.79 Å². The predicted octanol–water partition coefficient (Wildman–Crippen LogP) is 5.19. The Hall–Kier alpha value is -3.39. The molecular weight excluding hydrogens is 476 g/mol. The number of rotatable bonds is 4. The quantitative estimate of drug-likeness (QED) is 0.523. The summed E-state index contributed by atoms with van der Waals surface area (Å²) in [6, 6.07) is 12.4. The van der Waals surface area contributed by atoms with E-state index in [2.05, 4.69) is 17.1 Å². The van der Waals surface area contributed by atoms with Crippen molar-refractivity contribution >= 4 is 32.4 Å². The fraction of sp³-hybridized carbons (Fsp3) is 0.357. The summed E-state index contributed by atoms with van der Waals surface area (Å²) in [4.78, 5) is 30.3. The molecule has 3 aromatic rings. The molecule has 36 heavy (non-hydrogen) atoms. The number of H-pyrrole nitrogens is 1. The number of fused-ring (bicyclic) bond motifs is 1. The van der Waals surface area contributed by atoms with E-state index in [0.717, 1.165) is 33.9 Å². The number of pyridine rings is 1. The van der Waals surface area contributed by atoms with Crippen LogP contribution >= 0.6 is 0 Å². The predicted molar refractivity (Wildman–Crippen MR) is 143 cm³/mol. The fourth-order valence-electron chi connectivity index (χ4n) is 4.52. The van der Waals surface area contributed by atoms with Gasteiger partial charge in [0.15, 0.2) is 9.84 Å². The van der Waals surface area contributed by atoms with Crippen molar-refractivity contribution in [3.63, 3.8) is 0 Å². The summed E-state index contributed by atoms with van der Waals surface area (Å²) in [5, 5.41) is 0.951. The van der Waals surface area contributed by atoms with Gasteiger partial charge in [-0.25, -0.2) is 13.2 Å². The third-order valence-electron chi connectivity index (χ3n) is 6.28. The number of ether oxygens (including phenoxy) is 1. The lowest BCUT2D eigenvalue weighted by atomic mass is 9.92. The maximum absolute atomic E-state index is 13.0. The van der Waals surface area contributed by atoms with Crippen molar-refractivity contribution in [1.29, 1.82) is 0 Å². The van der Waals surface area contributed by atoms with Crippen LogP contribution in [0.15, 0.2) is 58.2 Å². The molecule has 1 N–H and O–H groups in total. The maximum Gasteiger partial charge on any atom is 0.410 e. The summed E-state index contributed by atoms with van der Waals surface area (Å²) in [5.74, 6) is 0. The third kappa shape index (κ3) is 5.38. The average Bonchev–Trinajstić information content (AvgIpc) is 2.81. The number of nitrogens with zero attached hydrogens (tertiary/aromatic N) is 1. The number of carbonyl (C=O) groups excluding carboxylic acids is 1. The SMILES string of the molecule is CCc1c(-c2ccc(S(C)(=O)=O)cc2)c(=O)[nH]c2ccc(C3=CCN(C(=O)OC(C)(C)C)CC3)cc12. The van der Waals surface area contributed by atoms with E-state index in [1.54, 1.807) is 17.0 Å². The van der Waals surface area contributed by atoms with E-state index in [4.69, 9.17) is 4.74 Å². The van der Waals surface area contributed by atoms with E-state index in [1.807, 2.05) is 39.8 Å². The van der Waals surface area contributed by atoms with Crippen molar-refractivity contribution in [1.82, 2.24) is 9.88 Å². The van der Waals surface area contributed by atoms with Crippen molar-refractivity contribution in [3.8, 4) is 11.1 Å². The number of sulfone groups is 1. The van der Waals surface area contributed by atoms with Gasteiger partial charge in [0.2, 0.25) is 0 Å². The van der Waals surface area contributed by atoms with Gasteiger partial charge < -0.3 is 14.6 Å². The zero-order chi connectivity index (χ0) is 26.3. The topological polar surface area (TPSA) is 96.5 Å². The molecule has 4 rings (SSSR count). The molecule has 0 radical (unpaired) electrons. The molecule has 0 atom stereocenters. The van der Waals surface area contributed by atoms with Gasteiger partial charge in [-0.3, -0.25) is 4.79 Å². The molecule has 2 heterocycles. The first-order valence-corrected chi connectivity index (χ1v) is 13.9. The molecule has 1 aliphatic rings. The number of aromatic nitrogens is 1. The second kappa shape index (κ2) is 9.58. The molecule has 0 bridgehead atoms. The van der Waals surface area contributed by atoms with Crippen molar-refractivity contribution in [2.24, 2.45) is 0 Å². The van der Waals surface area contributed by atoms with Gasteiger partial charge in [0.25, 0.3) is 5.56 Å². The summed E-state index contributed by atoms with van der Waals surface area (Å²) >= 11 is 0. The standard InChI is InChI=1S/C28H32N2O5S/c1-6-22-23-17-20(18-13-15-30(16-14-18)27(32)35-28(2,3)4)9-12-24(23)29-26(31)25(22)19-7-10-21(11-8-19)36(5,33)34/h7-13,17H,6,14-16H2,1-5H3,(H,29,31). The van der Waals surface area contributed by atoms with Crippen molar-refractivity contribution < 1.29 is 17.9 Å². The molecule has 1 aliphatic heterocycles. The number of aromatic amines is 1. The van der Waals surface area contributed by atoms with Gasteiger partial charge in [0.05, 0.1) is 10.5 Å². The van der Waals surface area contributed by atoms with E-state index < -0.39 is 15.4 Å². The lowest BCUT2D eigenvalue weighted by Crippen LogP contribution is -2.39. The smallest absolute Gasteiger partial charge is 0.410 e. The van der Waals surface area contributed by atoms with Gasteiger partial charge >= 0.3 is 6.09 Å². The Bertz CT molecular complexity index is 1510. The molecule has 0 aliphatic carbocycles. The molecule has 190 valence electrons. The summed E-state index contributed by atoms with van der Waals surface area (Å²) < 4.78 is 29.2. The van der Waals surface area contributed by atoms with E-state index in [1.165, 1.54) is 12.1 Å². The van der Waals surface area contributed by atoms with Gasteiger partial charge in [-0.1, -0.05) is 31.2 Å². The van der Waals surface area contributed by atoms with Crippen LogP contribution in [0.3, 0.4) is 0 Å². The molecule has 0 spiro atoms. The van der Waals surface area contributed by atoms with Gasteiger partial charge in [-0.2, -0.15) is 0 Å². The van der Waals surface area contributed by atoms with Crippen LogP contribution in [0.25, 0.3) is 27.6 Å². The van der Waals surface area contributed by atoms with Crippen molar-refractivity contribution in [2.75, 3.05) is 19.3 Å². The summed E-state index contributed by atoms with van der Waals surface area (Å²) in [6.07, 6.45) is 4.25. The first-order valence-electron chi connectivity index (χ1n) is 12.0. The Morgan fingerprint density at radius 3 is 2.31 bits per heavy atom. The van der Waals surface area contributed by atoms with E-state index >= 15 is 0 Å². The minimum Gasteiger partial charge on any atom is -0.444 e. The summed E-state index contributed by atoms with van der Waals surface area (Å²) in [6.45, 7) is 8.63. The largest absolute Gasteiger partial charge is 0.444 e. The Balaban J connectivity index is 1.71. The monoisotopic (exact) mass is 508 g/mol. The van der Waals surface area contributed by atoms with Crippen LogP contribution in [-0.4, -0.2) is 49.3 Å². The maximum atomic E-state index is 13.0. The average molecular weight is 509 g/mol. The van der Waals surface area contributed by atoms with Gasteiger partial charge in [-0.05, 0) is 80.1 Å². The van der Waals surface area contributed by atoms with Crippen LogP contribution < -0.4 is 5.56 Å². The highest BCUT2D eigenvalue weighted by Crippen LogP contribution is 2.31. The summed E-state index contributed by atoms with van der Waals surface area (Å²) in [7, 11) is -3.32. The minimum absolute atomic E-state index is 0.205. The number of carbonyl (C=O) groups is 1. The van der Waals surface area contributed by atoms with Crippen molar-refractivity contribution in [3.05, 3.63) is 70.0 Å². The molecule has 8 heteroatoms. The molecule has 7 nitrogen and oxygen atoms in total. The second-order valence-corrected chi connectivity index (χ2v) is 12.1. The lowest BCUT2D eigenvalue weighted by Gasteiger charge is -2.29. The molecular formula is C28H32N2O5S. The summed E-state index contributed by atoms with van der Waals surface area (Å²) in [5.41, 5.74) is 4.35. The Kier molecular flexibility index (Phi) is 6.84. The van der Waals surface area contributed by atoms with Gasteiger partial charge in [-0.15, -0.1) is 0 Å². The normalized spacial score (nSPS) is 14.6. The van der Waals surface area contributed by atoms with E-state index in [-0.39, 0.29) is 16.5 Å². The Morgan fingerprint density at radius 1 is 1.08 bits per heavy atom. The number of amides is 1. The number of hydrogen-bond acceptors (Lipinski definition) is 5. The third-order valence-corrected chi connectivity index (χ3v) is 7.41. The molecule has 0 saturated heterocycles. The van der Waals surface area contributed by atoms with Gasteiger partial charge in [0, 0.05) is 30.2 Å². The first kappa shape index (κ1) is 25.7. The van der Waals surface area contributed by atoms with Gasteiger partial charge in [0.1, 0.15) is 5.60 Å². The number of benzene rings is 2. The molecule has 0 saturated carbocycles. The molecule has 1 aromatic heterocycles. The highest BCUT2D eigenvalue weighted by Gasteiger charge is 2.24. The van der Waals surface area contributed by atoms with E-state index in [9.17, 15) is 18.0 Å². The Labute approximate surface area is 211 Å². The lowest BCUT2D eigenvalue weighted by molar-refractivity contribution is 0.0270. The zero-order valence-electron chi connectivity index (χ0n) is 21.3. The number of nitrogens with one attached hydrogen (secondary N) is 1. The highest BCUT2D eigenvalue weighted by molar-refractivity contribution is 7.90.